The lowest BCUT2D eigenvalue weighted by Crippen LogP contribution is -2.39. The minimum atomic E-state index is -0.0805. The van der Waals surface area contributed by atoms with Gasteiger partial charge >= 0.3 is 0 Å². The van der Waals surface area contributed by atoms with Crippen molar-refractivity contribution in [2.45, 2.75) is 6.92 Å². The first kappa shape index (κ1) is 17.0. The van der Waals surface area contributed by atoms with Crippen LogP contribution in [0, 0.1) is 13.5 Å². The molecule has 0 aliphatic carbocycles. The van der Waals surface area contributed by atoms with Gasteiger partial charge < -0.3 is 10.1 Å². The second-order valence-electron chi connectivity index (χ2n) is 6.08. The number of amides is 1. The van der Waals surface area contributed by atoms with Crippen LogP contribution >= 0.6 is 11.3 Å². The van der Waals surface area contributed by atoms with Crippen molar-refractivity contribution in [1.29, 1.82) is 0 Å². The van der Waals surface area contributed by atoms with Crippen LogP contribution in [-0.4, -0.2) is 52.2 Å². The molecule has 4 rings (SSSR count). The zero-order valence-electron chi connectivity index (χ0n) is 14.3. The number of fused-ring (bicyclic) bond motifs is 1. The number of nitrogens with zero attached hydrogens (tertiary/aromatic N) is 4. The van der Waals surface area contributed by atoms with Crippen LogP contribution in [0.25, 0.3) is 21.3 Å². The number of nitrogens with one attached hydrogen (secondary N) is 1. The van der Waals surface area contributed by atoms with Gasteiger partial charge in [-0.1, -0.05) is 23.5 Å². The molecule has 133 valence electrons. The molecule has 8 heteroatoms. The lowest BCUT2D eigenvalue weighted by molar-refractivity contribution is -0.117. The molecule has 26 heavy (non-hydrogen) atoms. The highest BCUT2D eigenvalue weighted by atomic mass is 32.1. The molecule has 0 atom stereocenters. The summed E-state index contributed by atoms with van der Waals surface area (Å²) in [6.45, 7) is 6.01. The van der Waals surface area contributed by atoms with Gasteiger partial charge in [0.25, 0.3) is 0 Å². The second kappa shape index (κ2) is 7.45. The molecule has 7 nitrogen and oxygen atoms in total. The van der Waals surface area contributed by atoms with Gasteiger partial charge in [-0.2, -0.15) is 0 Å². The normalized spacial score (nSPS) is 15.3. The maximum Gasteiger partial charge on any atom is 0.239 e. The smallest absolute Gasteiger partial charge is 0.239 e. The number of benzene rings is 1. The molecule has 1 aliphatic heterocycles. The molecule has 3 aromatic rings. The quantitative estimate of drug-likeness (QED) is 0.762. The largest absolute Gasteiger partial charge is 0.373 e. The summed E-state index contributed by atoms with van der Waals surface area (Å²) in [4.78, 5) is 18.6. The van der Waals surface area contributed by atoms with Crippen molar-refractivity contribution in [2.75, 3.05) is 31.6 Å². The molecular weight excluding hydrogens is 350 g/mol. The fraction of sp³-hybridized carbons (Fsp3) is 0.278. The predicted octanol–water partition coefficient (Wildman–Crippen LogP) is 2.49. The number of hydrogen-bond donors (Lipinski definition) is 1. The first-order valence-corrected chi connectivity index (χ1v) is 9.15. The lowest BCUT2D eigenvalue weighted by atomic mass is 10.1. The van der Waals surface area contributed by atoms with Crippen molar-refractivity contribution < 1.29 is 9.53 Å². The second-order valence-corrected chi connectivity index (χ2v) is 7.26. The van der Waals surface area contributed by atoms with E-state index in [0.717, 1.165) is 32.9 Å². The standard InChI is InChI=1S/C18H18N5O2S/c1-12-21-22-18(26-12)13-2-3-14-10-19-16(9-15(14)8-13)20-17(24)11-23-4-6-25-7-5-23/h2-3,6,8-10H,4-5,7,11H2,1H3,(H,19,20,24). The molecule has 0 spiro atoms. The maximum atomic E-state index is 12.2. The van der Waals surface area contributed by atoms with E-state index in [9.17, 15) is 4.79 Å². The fourth-order valence-corrected chi connectivity index (χ4v) is 3.49. The van der Waals surface area contributed by atoms with Crippen LogP contribution in [0.2, 0.25) is 0 Å². The zero-order chi connectivity index (χ0) is 17.9. The number of anilines is 1. The molecule has 1 aliphatic rings. The Hall–Kier alpha value is -2.42. The number of pyridine rings is 1. The van der Waals surface area contributed by atoms with Crippen LogP contribution in [0.3, 0.4) is 0 Å². The Labute approximate surface area is 155 Å². The Morgan fingerprint density at radius 3 is 3.00 bits per heavy atom. The summed E-state index contributed by atoms with van der Waals surface area (Å²) in [5.74, 6) is 0.466. The third-order valence-electron chi connectivity index (χ3n) is 4.11. The molecule has 2 aromatic heterocycles. The molecule has 1 N–H and O–H groups in total. The molecule has 1 radical (unpaired) electrons. The van der Waals surface area contributed by atoms with Crippen LogP contribution in [0.5, 0.6) is 0 Å². The van der Waals surface area contributed by atoms with Crippen molar-refractivity contribution in [3.8, 4) is 10.6 Å². The average Bonchev–Trinajstić information content (AvgIpc) is 3.08. The molecule has 1 aromatic carbocycles. The number of morpholine rings is 1. The number of rotatable bonds is 4. The summed E-state index contributed by atoms with van der Waals surface area (Å²) in [5, 5.41) is 15.0. The highest BCUT2D eigenvalue weighted by Crippen LogP contribution is 2.27. The van der Waals surface area contributed by atoms with E-state index in [-0.39, 0.29) is 5.91 Å². The van der Waals surface area contributed by atoms with E-state index in [1.165, 1.54) is 0 Å². The first-order chi connectivity index (χ1) is 12.7. The molecule has 0 unspecified atom stereocenters. The van der Waals surface area contributed by atoms with Gasteiger partial charge in [-0.25, -0.2) is 4.98 Å². The highest BCUT2D eigenvalue weighted by molar-refractivity contribution is 7.14. The van der Waals surface area contributed by atoms with Gasteiger partial charge in [0.2, 0.25) is 5.91 Å². The van der Waals surface area contributed by atoms with E-state index in [0.29, 0.717) is 25.5 Å². The molecule has 0 bridgehead atoms. The molecule has 3 heterocycles. The third-order valence-corrected chi connectivity index (χ3v) is 4.99. The van der Waals surface area contributed by atoms with Crippen LogP contribution in [0.4, 0.5) is 5.82 Å². The lowest BCUT2D eigenvalue weighted by Gasteiger charge is -2.25. The van der Waals surface area contributed by atoms with Gasteiger partial charge in [0, 0.05) is 30.2 Å². The number of hydrogen-bond acceptors (Lipinski definition) is 7. The minimum absolute atomic E-state index is 0.0805. The summed E-state index contributed by atoms with van der Waals surface area (Å²) in [7, 11) is 0. The number of aromatic nitrogens is 3. The molecule has 1 amide bonds. The van der Waals surface area contributed by atoms with Gasteiger partial charge in [-0.15, -0.1) is 10.2 Å². The Morgan fingerprint density at radius 2 is 2.23 bits per heavy atom. The van der Waals surface area contributed by atoms with Crippen molar-refractivity contribution in [2.24, 2.45) is 0 Å². The van der Waals surface area contributed by atoms with E-state index in [1.54, 1.807) is 24.1 Å². The number of ether oxygens (including phenoxy) is 1. The van der Waals surface area contributed by atoms with E-state index >= 15 is 0 Å². The molecular formula is C18H18N5O2S. The number of carbonyl (C=O) groups is 1. The summed E-state index contributed by atoms with van der Waals surface area (Å²) >= 11 is 1.56. The van der Waals surface area contributed by atoms with Crippen LogP contribution < -0.4 is 5.32 Å². The monoisotopic (exact) mass is 368 g/mol. The first-order valence-electron chi connectivity index (χ1n) is 8.33. The van der Waals surface area contributed by atoms with E-state index in [1.807, 2.05) is 36.1 Å². The van der Waals surface area contributed by atoms with Gasteiger partial charge in [0.15, 0.2) is 0 Å². The van der Waals surface area contributed by atoms with Gasteiger partial charge in [0.05, 0.1) is 19.8 Å². The fourth-order valence-electron chi connectivity index (χ4n) is 2.80. The average molecular weight is 368 g/mol. The Morgan fingerprint density at radius 1 is 1.31 bits per heavy atom. The van der Waals surface area contributed by atoms with Gasteiger partial charge in [-0.05, 0) is 24.4 Å². The SMILES string of the molecule is Cc1nnc(-c2ccc3cnc(NC(=O)CN4C[CH]OCC4)cc3c2)s1. The van der Waals surface area contributed by atoms with Gasteiger partial charge in [0.1, 0.15) is 15.8 Å². The third kappa shape index (κ3) is 3.87. The van der Waals surface area contributed by atoms with Crippen molar-refractivity contribution in [3.63, 3.8) is 0 Å². The van der Waals surface area contributed by atoms with E-state index < -0.39 is 0 Å². The Balaban J connectivity index is 1.51. The Bertz CT molecular complexity index is 936. The summed E-state index contributed by atoms with van der Waals surface area (Å²) in [6, 6.07) is 7.94. The topological polar surface area (TPSA) is 80.2 Å². The van der Waals surface area contributed by atoms with Crippen molar-refractivity contribution in [3.05, 3.63) is 42.1 Å². The van der Waals surface area contributed by atoms with Crippen LogP contribution in [0.1, 0.15) is 5.01 Å². The summed E-state index contributed by atoms with van der Waals surface area (Å²) in [5.41, 5.74) is 1.01. The van der Waals surface area contributed by atoms with Crippen molar-refractivity contribution >= 4 is 33.8 Å². The van der Waals surface area contributed by atoms with Crippen LogP contribution in [-0.2, 0) is 9.53 Å². The zero-order valence-corrected chi connectivity index (χ0v) is 15.1. The van der Waals surface area contributed by atoms with E-state index in [4.69, 9.17) is 4.74 Å². The minimum Gasteiger partial charge on any atom is -0.373 e. The van der Waals surface area contributed by atoms with Gasteiger partial charge in [-0.3, -0.25) is 9.69 Å². The number of aryl methyl sites for hydroxylation is 1. The molecule has 0 saturated carbocycles. The molecule has 1 saturated heterocycles. The summed E-state index contributed by atoms with van der Waals surface area (Å²) < 4.78 is 5.18. The molecule has 1 fully saturated rings. The summed E-state index contributed by atoms with van der Waals surface area (Å²) in [6.07, 6.45) is 1.77. The maximum absolute atomic E-state index is 12.2. The highest BCUT2D eigenvalue weighted by Gasteiger charge is 2.15. The Kier molecular flexibility index (Phi) is 4.87. The van der Waals surface area contributed by atoms with Crippen LogP contribution in [0.15, 0.2) is 30.5 Å². The van der Waals surface area contributed by atoms with E-state index in [2.05, 4.69) is 20.5 Å². The number of carbonyl (C=O) groups excluding carboxylic acids is 1. The van der Waals surface area contributed by atoms with Crippen molar-refractivity contribution in [1.82, 2.24) is 20.1 Å². The predicted molar refractivity (Wildman–Crippen MR) is 101 cm³/mol.